The quantitative estimate of drug-likeness (QED) is 0.443. The molecule has 2 nitrogen and oxygen atoms in total. The zero-order valence-corrected chi connectivity index (χ0v) is 7.25. The molecule has 0 aromatic heterocycles. The van der Waals surface area contributed by atoms with E-state index in [-0.39, 0.29) is 0 Å². The summed E-state index contributed by atoms with van der Waals surface area (Å²) in [6, 6.07) is 0. The molecule has 1 aliphatic carbocycles. The Morgan fingerprint density at radius 1 is 1.36 bits per heavy atom. The van der Waals surface area contributed by atoms with Crippen LogP contribution in [0.1, 0.15) is 39.0 Å². The van der Waals surface area contributed by atoms with Gasteiger partial charge in [-0.15, -0.1) is 0 Å². The number of hydrogen-bond donors (Lipinski definition) is 0. The molecule has 64 valence electrons. The predicted molar refractivity (Wildman–Crippen MR) is 46.4 cm³/mol. The summed E-state index contributed by atoms with van der Waals surface area (Å²) in [6.07, 6.45) is 6.35. The maximum atomic E-state index is 9.79. The Balaban J connectivity index is 2.02. The van der Waals surface area contributed by atoms with E-state index in [2.05, 4.69) is 12.1 Å². The topological polar surface area (TPSA) is 29.4 Å². The highest BCUT2D eigenvalue weighted by atomic mass is 16.3. The van der Waals surface area contributed by atoms with E-state index in [1.165, 1.54) is 25.7 Å². The van der Waals surface area contributed by atoms with Crippen molar-refractivity contribution in [3.05, 3.63) is 4.91 Å². The lowest BCUT2D eigenvalue weighted by Crippen LogP contribution is -2.25. The van der Waals surface area contributed by atoms with Crippen molar-refractivity contribution < 1.29 is 0 Å². The minimum atomic E-state index is 0.521. The molecule has 2 unspecified atom stereocenters. The molecule has 0 amide bonds. The van der Waals surface area contributed by atoms with Gasteiger partial charge in [0.05, 0.1) is 6.54 Å². The number of nitrogens with zero attached hydrogens (tertiary/aromatic N) is 1. The molecule has 1 aliphatic rings. The third kappa shape index (κ3) is 2.28. The molecule has 2 heteroatoms. The smallest absolute Gasteiger partial charge is 0.0811 e. The Bertz CT molecular complexity index is 123. The molecule has 1 saturated carbocycles. The van der Waals surface area contributed by atoms with Crippen LogP contribution in [0.2, 0.25) is 0 Å². The molecule has 2 atom stereocenters. The summed E-state index contributed by atoms with van der Waals surface area (Å²) in [6.45, 7) is 2.78. The van der Waals surface area contributed by atoms with Crippen LogP contribution in [0.25, 0.3) is 0 Å². The summed E-state index contributed by atoms with van der Waals surface area (Å²) < 4.78 is 0. The molecule has 0 spiro atoms. The van der Waals surface area contributed by atoms with Crippen molar-refractivity contribution in [3.8, 4) is 0 Å². The predicted octanol–water partition coefficient (Wildman–Crippen LogP) is 2.97. The van der Waals surface area contributed by atoms with Gasteiger partial charge >= 0.3 is 0 Å². The molecule has 0 heterocycles. The first kappa shape index (κ1) is 8.69. The van der Waals surface area contributed by atoms with E-state index in [0.29, 0.717) is 6.54 Å². The fourth-order valence-corrected chi connectivity index (χ4v) is 1.97. The van der Waals surface area contributed by atoms with Crippen molar-refractivity contribution in [3.63, 3.8) is 0 Å². The number of hydrogen-bond acceptors (Lipinski definition) is 2. The molecule has 11 heavy (non-hydrogen) atoms. The van der Waals surface area contributed by atoms with Crippen molar-refractivity contribution in [1.29, 1.82) is 0 Å². The minimum absolute atomic E-state index is 0.521. The highest BCUT2D eigenvalue weighted by Crippen LogP contribution is 2.39. The van der Waals surface area contributed by atoms with Gasteiger partial charge in [-0.1, -0.05) is 18.5 Å². The molecule has 0 bridgehead atoms. The standard InChI is InChI=1S/C9H17NO/c1-2-8-5-6-9(8)4-3-7-10-11/h8-9H,2-7H2,1H3. The van der Waals surface area contributed by atoms with Gasteiger partial charge in [-0.25, -0.2) is 0 Å². The first-order chi connectivity index (χ1) is 5.38. The Morgan fingerprint density at radius 2 is 2.09 bits per heavy atom. The van der Waals surface area contributed by atoms with Crippen molar-refractivity contribution in [2.75, 3.05) is 6.54 Å². The van der Waals surface area contributed by atoms with E-state index >= 15 is 0 Å². The fourth-order valence-electron chi connectivity index (χ4n) is 1.97. The van der Waals surface area contributed by atoms with Crippen LogP contribution in [0.4, 0.5) is 0 Å². The summed E-state index contributed by atoms with van der Waals surface area (Å²) in [5.74, 6) is 1.88. The summed E-state index contributed by atoms with van der Waals surface area (Å²) in [5, 5.41) is 2.87. The van der Waals surface area contributed by atoms with Crippen molar-refractivity contribution in [2.45, 2.75) is 39.0 Å². The Kier molecular flexibility index (Phi) is 3.53. The van der Waals surface area contributed by atoms with Crippen LogP contribution in [0, 0.1) is 16.7 Å². The van der Waals surface area contributed by atoms with Crippen LogP contribution < -0.4 is 0 Å². The van der Waals surface area contributed by atoms with Crippen molar-refractivity contribution >= 4 is 0 Å². The second-order valence-electron chi connectivity index (χ2n) is 3.50. The van der Waals surface area contributed by atoms with E-state index < -0.39 is 0 Å². The van der Waals surface area contributed by atoms with Crippen molar-refractivity contribution in [1.82, 2.24) is 0 Å². The van der Waals surface area contributed by atoms with Gasteiger partial charge < -0.3 is 0 Å². The van der Waals surface area contributed by atoms with Gasteiger partial charge in [0.25, 0.3) is 0 Å². The van der Waals surface area contributed by atoms with Gasteiger partial charge in [0.1, 0.15) is 0 Å². The zero-order valence-electron chi connectivity index (χ0n) is 7.25. The molecule has 1 rings (SSSR count). The van der Waals surface area contributed by atoms with Crippen LogP contribution in [-0.2, 0) is 0 Å². The first-order valence-corrected chi connectivity index (χ1v) is 4.67. The summed E-state index contributed by atoms with van der Waals surface area (Å²) in [7, 11) is 0. The van der Waals surface area contributed by atoms with E-state index in [9.17, 15) is 4.91 Å². The van der Waals surface area contributed by atoms with Crippen LogP contribution in [0.5, 0.6) is 0 Å². The van der Waals surface area contributed by atoms with E-state index in [4.69, 9.17) is 0 Å². The molecule has 1 fully saturated rings. The number of nitroso groups, excluding NO2 is 1. The first-order valence-electron chi connectivity index (χ1n) is 4.67. The minimum Gasteiger partial charge on any atom is -0.151 e. The van der Waals surface area contributed by atoms with Crippen LogP contribution in [0.15, 0.2) is 5.18 Å². The fraction of sp³-hybridized carbons (Fsp3) is 1.00. The normalized spacial score (nSPS) is 29.5. The van der Waals surface area contributed by atoms with Gasteiger partial charge in [0, 0.05) is 0 Å². The summed E-state index contributed by atoms with van der Waals surface area (Å²) >= 11 is 0. The third-order valence-corrected chi connectivity index (χ3v) is 2.92. The molecule has 0 radical (unpaired) electrons. The molecular weight excluding hydrogens is 138 g/mol. The van der Waals surface area contributed by atoms with Gasteiger partial charge in [0.2, 0.25) is 0 Å². The molecule has 0 N–H and O–H groups in total. The average Bonchev–Trinajstić information content (AvgIpc) is 1.97. The average molecular weight is 155 g/mol. The summed E-state index contributed by atoms with van der Waals surface area (Å²) in [5.41, 5.74) is 0. The number of rotatable bonds is 5. The Morgan fingerprint density at radius 3 is 2.55 bits per heavy atom. The monoisotopic (exact) mass is 155 g/mol. The maximum Gasteiger partial charge on any atom is 0.0811 e. The molecule has 0 aromatic rings. The molecule has 0 aromatic carbocycles. The van der Waals surface area contributed by atoms with Gasteiger partial charge in [-0.3, -0.25) is 0 Å². The lowest BCUT2D eigenvalue weighted by atomic mass is 9.70. The highest BCUT2D eigenvalue weighted by molar-refractivity contribution is 4.79. The molecular formula is C9H17NO. The van der Waals surface area contributed by atoms with Gasteiger partial charge in [-0.2, -0.15) is 4.91 Å². The Labute approximate surface area is 68.3 Å². The van der Waals surface area contributed by atoms with Gasteiger partial charge in [0.15, 0.2) is 0 Å². The summed E-state index contributed by atoms with van der Waals surface area (Å²) in [4.78, 5) is 9.79. The highest BCUT2D eigenvalue weighted by Gasteiger charge is 2.27. The van der Waals surface area contributed by atoms with E-state index in [1.54, 1.807) is 0 Å². The maximum absolute atomic E-state index is 9.79. The van der Waals surface area contributed by atoms with E-state index in [1.807, 2.05) is 0 Å². The molecule has 0 aliphatic heterocycles. The lowest BCUT2D eigenvalue weighted by Gasteiger charge is -2.36. The van der Waals surface area contributed by atoms with Crippen molar-refractivity contribution in [2.24, 2.45) is 17.0 Å². The van der Waals surface area contributed by atoms with Gasteiger partial charge in [-0.05, 0) is 37.5 Å². The second kappa shape index (κ2) is 4.47. The van der Waals surface area contributed by atoms with E-state index in [0.717, 1.165) is 18.3 Å². The van der Waals surface area contributed by atoms with Crippen LogP contribution >= 0.6 is 0 Å². The Hall–Kier alpha value is -0.400. The second-order valence-corrected chi connectivity index (χ2v) is 3.50. The zero-order chi connectivity index (χ0) is 8.10. The van der Waals surface area contributed by atoms with Crippen LogP contribution in [-0.4, -0.2) is 6.54 Å². The van der Waals surface area contributed by atoms with Crippen LogP contribution in [0.3, 0.4) is 0 Å². The largest absolute Gasteiger partial charge is 0.151 e. The third-order valence-electron chi connectivity index (χ3n) is 2.92. The molecule has 0 saturated heterocycles. The lowest BCUT2D eigenvalue weighted by molar-refractivity contribution is 0.157. The SMILES string of the molecule is CCC1CCC1CCCN=O.